The highest BCUT2D eigenvalue weighted by Gasteiger charge is 2.33. The van der Waals surface area contributed by atoms with Crippen molar-refractivity contribution in [3.8, 4) is 0 Å². The van der Waals surface area contributed by atoms with Crippen LogP contribution in [0.3, 0.4) is 0 Å². The normalized spacial score (nSPS) is 17.7. The van der Waals surface area contributed by atoms with Gasteiger partial charge in [-0.15, -0.1) is 10.1 Å². The fourth-order valence-electron chi connectivity index (χ4n) is 1.75. The zero-order chi connectivity index (χ0) is 17.7. The smallest absolute Gasteiger partial charge is 0.329 e. The maximum Gasteiger partial charge on any atom is 0.343 e. The molecule has 4 amide bonds. The second-order valence-electron chi connectivity index (χ2n) is 4.61. The zero-order valence-electron chi connectivity index (χ0n) is 12.2. The average molecular weight is 376 g/mol. The predicted octanol–water partition coefficient (Wildman–Crippen LogP) is -0.418. The number of rotatable bonds is 7. The Morgan fingerprint density at radius 1 is 0.708 bits per heavy atom. The molecule has 2 saturated heterocycles. The van der Waals surface area contributed by atoms with Crippen molar-refractivity contribution in [1.29, 1.82) is 0 Å². The first-order chi connectivity index (χ1) is 11.4. The second-order valence-corrected chi connectivity index (χ2v) is 7.08. The molecule has 0 aromatic rings. The highest BCUT2D eigenvalue weighted by Crippen LogP contribution is 2.23. The van der Waals surface area contributed by atoms with Gasteiger partial charge in [-0.2, -0.15) is 0 Å². The van der Waals surface area contributed by atoms with Crippen molar-refractivity contribution in [1.82, 2.24) is 10.1 Å². The van der Waals surface area contributed by atoms with Crippen molar-refractivity contribution < 1.29 is 38.4 Å². The first kappa shape index (κ1) is 18.3. The molecule has 0 aromatic carbocycles. The van der Waals surface area contributed by atoms with Crippen LogP contribution < -0.4 is 0 Å². The van der Waals surface area contributed by atoms with Gasteiger partial charge >= 0.3 is 11.9 Å². The van der Waals surface area contributed by atoms with Crippen LogP contribution in [0, 0.1) is 0 Å². The average Bonchev–Trinajstić information content (AvgIpc) is 3.01. The van der Waals surface area contributed by atoms with E-state index < -0.39 is 35.6 Å². The molecule has 10 nitrogen and oxygen atoms in total. The van der Waals surface area contributed by atoms with E-state index in [0.717, 1.165) is 21.6 Å². The van der Waals surface area contributed by atoms with Gasteiger partial charge in [0.2, 0.25) is 0 Å². The monoisotopic (exact) mass is 376 g/mol. The highest BCUT2D eigenvalue weighted by atomic mass is 33.1. The lowest BCUT2D eigenvalue weighted by Crippen LogP contribution is -2.33. The van der Waals surface area contributed by atoms with Gasteiger partial charge in [-0.05, 0) is 0 Å². The van der Waals surface area contributed by atoms with Crippen molar-refractivity contribution in [2.24, 2.45) is 0 Å². The third-order valence-electron chi connectivity index (χ3n) is 2.83. The summed E-state index contributed by atoms with van der Waals surface area (Å²) in [5, 5.41) is 0.874. The molecule has 130 valence electrons. The molecule has 0 atom stereocenters. The van der Waals surface area contributed by atoms with Crippen LogP contribution in [0.2, 0.25) is 0 Å². The molecule has 0 unspecified atom stereocenters. The molecular weight excluding hydrogens is 364 g/mol. The molecule has 0 saturated carbocycles. The van der Waals surface area contributed by atoms with Gasteiger partial charge in [0.1, 0.15) is 11.5 Å². The van der Waals surface area contributed by atoms with Crippen LogP contribution in [-0.4, -0.2) is 57.2 Å². The van der Waals surface area contributed by atoms with E-state index >= 15 is 0 Å². The molecular formula is C12H12N2O8S2. The van der Waals surface area contributed by atoms with Gasteiger partial charge < -0.3 is 9.68 Å². The van der Waals surface area contributed by atoms with Crippen molar-refractivity contribution in [3.05, 3.63) is 0 Å². The minimum atomic E-state index is -0.811. The Hall–Kier alpha value is -2.08. The number of hydrogen-bond donors (Lipinski definition) is 0. The van der Waals surface area contributed by atoms with Crippen LogP contribution in [0.1, 0.15) is 25.7 Å². The third kappa shape index (κ3) is 4.71. The highest BCUT2D eigenvalue weighted by molar-refractivity contribution is 8.77. The van der Waals surface area contributed by atoms with Crippen LogP contribution in [0.5, 0.6) is 0 Å². The van der Waals surface area contributed by atoms with Gasteiger partial charge in [-0.1, -0.05) is 21.6 Å². The lowest BCUT2D eigenvalue weighted by molar-refractivity contribution is -0.195. The van der Waals surface area contributed by atoms with Crippen molar-refractivity contribution >= 4 is 57.2 Å². The van der Waals surface area contributed by atoms with Gasteiger partial charge in [0.25, 0.3) is 23.6 Å². The van der Waals surface area contributed by atoms with E-state index in [-0.39, 0.29) is 37.2 Å². The Morgan fingerprint density at radius 3 is 1.29 bits per heavy atom. The topological polar surface area (TPSA) is 127 Å². The van der Waals surface area contributed by atoms with E-state index in [1.54, 1.807) is 0 Å². The summed E-state index contributed by atoms with van der Waals surface area (Å²) in [4.78, 5) is 77.2. The van der Waals surface area contributed by atoms with Crippen molar-refractivity contribution in [3.63, 3.8) is 0 Å². The molecule has 2 fully saturated rings. The van der Waals surface area contributed by atoms with Crippen LogP contribution in [0.15, 0.2) is 0 Å². The van der Waals surface area contributed by atoms with Gasteiger partial charge in [-0.3, -0.25) is 19.2 Å². The van der Waals surface area contributed by atoms with Crippen molar-refractivity contribution in [2.75, 3.05) is 11.5 Å². The van der Waals surface area contributed by atoms with Gasteiger partial charge in [0, 0.05) is 25.7 Å². The van der Waals surface area contributed by atoms with E-state index in [1.165, 1.54) is 0 Å². The molecule has 0 N–H and O–H groups in total. The molecule has 2 aliphatic rings. The Labute approximate surface area is 143 Å². The predicted molar refractivity (Wildman–Crippen MR) is 79.3 cm³/mol. The lowest BCUT2D eigenvalue weighted by atomic mass is 10.4. The van der Waals surface area contributed by atoms with E-state index in [9.17, 15) is 28.8 Å². The first-order valence-electron chi connectivity index (χ1n) is 6.76. The molecule has 2 aliphatic heterocycles. The summed E-state index contributed by atoms with van der Waals surface area (Å²) >= 11 is 0. The number of amides is 4. The summed E-state index contributed by atoms with van der Waals surface area (Å²) in [5.41, 5.74) is 0. The number of carbonyl (C=O) groups is 6. The summed E-state index contributed by atoms with van der Waals surface area (Å²) in [6.45, 7) is 0. The van der Waals surface area contributed by atoms with Crippen LogP contribution in [0.25, 0.3) is 0 Å². The first-order valence-corrected chi connectivity index (χ1v) is 9.25. The molecule has 0 spiro atoms. The van der Waals surface area contributed by atoms with Crippen LogP contribution in [-0.2, 0) is 38.4 Å². The van der Waals surface area contributed by atoms with Crippen LogP contribution >= 0.6 is 21.6 Å². The third-order valence-corrected chi connectivity index (χ3v) is 4.92. The molecule has 12 heteroatoms. The summed E-state index contributed by atoms with van der Waals surface area (Å²) < 4.78 is 0. The van der Waals surface area contributed by atoms with Gasteiger partial charge in [0.15, 0.2) is 0 Å². The summed E-state index contributed by atoms with van der Waals surface area (Å²) in [5.74, 6) is -4.34. The summed E-state index contributed by atoms with van der Waals surface area (Å²) in [6, 6.07) is 0. The van der Waals surface area contributed by atoms with E-state index in [1.807, 2.05) is 0 Å². The molecule has 2 heterocycles. The minimum absolute atomic E-state index is 0.00773. The SMILES string of the molecule is O=C(CSSCC(=O)ON1C(=O)CCC1=O)ON1C(=O)CCC1=O. The summed E-state index contributed by atoms with van der Waals surface area (Å²) in [7, 11) is 1.88. The quantitative estimate of drug-likeness (QED) is 0.328. The van der Waals surface area contributed by atoms with Crippen LogP contribution in [0.4, 0.5) is 0 Å². The number of imide groups is 2. The molecule has 2 rings (SSSR count). The lowest BCUT2D eigenvalue weighted by Gasteiger charge is -2.13. The number of nitrogens with zero attached hydrogens (tertiary/aromatic N) is 2. The second kappa shape index (κ2) is 8.15. The molecule has 0 radical (unpaired) electrons. The zero-order valence-corrected chi connectivity index (χ0v) is 13.9. The van der Waals surface area contributed by atoms with Gasteiger partial charge in [-0.25, -0.2) is 9.59 Å². The Bertz CT molecular complexity index is 524. The maximum atomic E-state index is 11.5. The fourth-order valence-corrected chi connectivity index (χ4v) is 3.29. The fraction of sp³-hybridized carbons (Fsp3) is 0.500. The Balaban J connectivity index is 1.62. The van der Waals surface area contributed by atoms with E-state index in [4.69, 9.17) is 0 Å². The minimum Gasteiger partial charge on any atom is -0.329 e. The maximum absolute atomic E-state index is 11.5. The molecule has 0 aromatic heterocycles. The molecule has 24 heavy (non-hydrogen) atoms. The molecule has 0 bridgehead atoms. The van der Waals surface area contributed by atoms with Gasteiger partial charge in [0.05, 0.1) is 0 Å². The Morgan fingerprint density at radius 2 is 1.00 bits per heavy atom. The van der Waals surface area contributed by atoms with E-state index in [2.05, 4.69) is 9.68 Å². The number of hydroxylamine groups is 4. The number of carbonyl (C=O) groups excluding carboxylic acids is 6. The van der Waals surface area contributed by atoms with E-state index in [0.29, 0.717) is 10.1 Å². The Kier molecular flexibility index (Phi) is 6.20. The largest absolute Gasteiger partial charge is 0.343 e. The number of hydrogen-bond acceptors (Lipinski definition) is 10. The standard InChI is InChI=1S/C12H12N2O8S2/c15-7-1-2-8(16)13(7)21-11(19)5-23-24-6-12(20)22-14-9(17)3-4-10(14)18/h1-6H2. The summed E-state index contributed by atoms with van der Waals surface area (Å²) in [6.07, 6.45) is 0.0309. The van der Waals surface area contributed by atoms with Crippen molar-refractivity contribution in [2.45, 2.75) is 25.7 Å². The molecule has 0 aliphatic carbocycles.